The fourth-order valence-electron chi connectivity index (χ4n) is 2.33. The summed E-state index contributed by atoms with van der Waals surface area (Å²) in [6.45, 7) is 0.603. The summed E-state index contributed by atoms with van der Waals surface area (Å²) in [7, 11) is -2.16. The van der Waals surface area contributed by atoms with E-state index in [4.69, 9.17) is 21.1 Å². The molecule has 1 aliphatic heterocycles. The van der Waals surface area contributed by atoms with Gasteiger partial charge in [-0.2, -0.15) is 0 Å². The van der Waals surface area contributed by atoms with Crippen LogP contribution < -0.4 is 10.3 Å². The third kappa shape index (κ3) is 3.22. The fourth-order valence-corrected chi connectivity index (χ4v) is 3.49. The molecule has 10 heteroatoms. The van der Waals surface area contributed by atoms with Crippen LogP contribution in [0.15, 0.2) is 28.0 Å². The quantitative estimate of drug-likeness (QED) is 0.761. The monoisotopic (exact) mass is 386 g/mol. The smallest absolute Gasteiger partial charge is 0.277 e. The van der Waals surface area contributed by atoms with E-state index in [9.17, 15) is 18.0 Å². The molecule has 0 radical (unpaired) electrons. The number of carbonyl (C=O) groups is 1. The SMILES string of the molecule is Cn1[nH]cc(C(=O)c2ccc(S(C)(=O)=O)c(OC3COC3)c2Cl)c1=O. The summed E-state index contributed by atoms with van der Waals surface area (Å²) >= 11 is 6.28. The zero-order valence-corrected chi connectivity index (χ0v) is 15.0. The van der Waals surface area contributed by atoms with Gasteiger partial charge in [-0.15, -0.1) is 0 Å². The van der Waals surface area contributed by atoms with Crippen LogP contribution >= 0.6 is 11.6 Å². The van der Waals surface area contributed by atoms with Gasteiger partial charge in [-0.05, 0) is 12.1 Å². The summed E-state index contributed by atoms with van der Waals surface area (Å²) in [5.41, 5.74) is -0.626. The molecule has 0 saturated carbocycles. The van der Waals surface area contributed by atoms with Crippen LogP contribution in [0.2, 0.25) is 5.02 Å². The van der Waals surface area contributed by atoms with Crippen molar-refractivity contribution in [2.75, 3.05) is 19.5 Å². The van der Waals surface area contributed by atoms with Gasteiger partial charge in [0.1, 0.15) is 16.6 Å². The minimum atomic E-state index is -3.63. The van der Waals surface area contributed by atoms with Crippen molar-refractivity contribution in [2.45, 2.75) is 11.0 Å². The summed E-state index contributed by atoms with van der Waals surface area (Å²) in [6.07, 6.45) is 1.95. The Morgan fingerprint density at radius 1 is 1.36 bits per heavy atom. The second-order valence-electron chi connectivity index (χ2n) is 5.68. The van der Waals surface area contributed by atoms with Crippen molar-refractivity contribution in [1.82, 2.24) is 9.78 Å². The van der Waals surface area contributed by atoms with Crippen molar-refractivity contribution in [3.63, 3.8) is 0 Å². The summed E-state index contributed by atoms with van der Waals surface area (Å²) in [4.78, 5) is 24.5. The van der Waals surface area contributed by atoms with Crippen LogP contribution in [-0.4, -0.2) is 49.6 Å². The lowest BCUT2D eigenvalue weighted by molar-refractivity contribution is -0.0806. The first kappa shape index (κ1) is 17.7. The number of ether oxygens (including phenoxy) is 2. The molecule has 0 atom stereocenters. The van der Waals surface area contributed by atoms with Crippen LogP contribution in [-0.2, 0) is 21.6 Å². The van der Waals surface area contributed by atoms with Gasteiger partial charge in [0, 0.05) is 25.1 Å². The molecule has 0 spiro atoms. The highest BCUT2D eigenvalue weighted by molar-refractivity contribution is 7.90. The van der Waals surface area contributed by atoms with Crippen LogP contribution in [0.25, 0.3) is 0 Å². The number of aromatic amines is 1. The number of carbonyl (C=O) groups excluding carboxylic acids is 1. The van der Waals surface area contributed by atoms with Gasteiger partial charge in [-0.25, -0.2) is 8.42 Å². The highest BCUT2D eigenvalue weighted by Crippen LogP contribution is 2.37. The van der Waals surface area contributed by atoms with Gasteiger partial charge < -0.3 is 14.6 Å². The van der Waals surface area contributed by atoms with E-state index in [0.29, 0.717) is 13.2 Å². The predicted octanol–water partition coefficient (Wildman–Crippen LogP) is 0.779. The standard InChI is InChI=1S/C15H15ClN2O6S/c1-18-15(20)10(5-17-18)13(19)9-3-4-11(25(2,21)22)14(12(9)16)24-8-6-23-7-8/h3-5,8,17H,6-7H2,1-2H3. The van der Waals surface area contributed by atoms with Crippen molar-refractivity contribution in [3.8, 4) is 5.75 Å². The molecule has 0 unspecified atom stereocenters. The Hall–Kier alpha value is -2.10. The fraction of sp³-hybridized carbons (Fsp3) is 0.333. The highest BCUT2D eigenvalue weighted by Gasteiger charge is 2.29. The minimum absolute atomic E-state index is 0.0130. The van der Waals surface area contributed by atoms with E-state index >= 15 is 0 Å². The van der Waals surface area contributed by atoms with E-state index in [2.05, 4.69) is 5.10 Å². The summed E-state index contributed by atoms with van der Waals surface area (Å²) in [5, 5.41) is 2.45. The van der Waals surface area contributed by atoms with E-state index in [1.54, 1.807) is 0 Å². The number of sulfone groups is 1. The number of aryl methyl sites for hydroxylation is 1. The van der Waals surface area contributed by atoms with Crippen LogP contribution in [0.4, 0.5) is 0 Å². The Kier molecular flexibility index (Phi) is 4.48. The molecule has 3 rings (SSSR count). The average Bonchev–Trinajstić information content (AvgIpc) is 2.82. The molecule has 0 aliphatic carbocycles. The molecule has 1 fully saturated rings. The number of nitrogens with zero attached hydrogens (tertiary/aromatic N) is 1. The van der Waals surface area contributed by atoms with Crippen molar-refractivity contribution < 1.29 is 22.7 Å². The van der Waals surface area contributed by atoms with Gasteiger partial charge in [0.25, 0.3) is 5.56 Å². The van der Waals surface area contributed by atoms with E-state index in [1.165, 1.54) is 25.4 Å². The number of aromatic nitrogens is 2. The highest BCUT2D eigenvalue weighted by atomic mass is 35.5. The summed E-state index contributed by atoms with van der Waals surface area (Å²) in [6, 6.07) is 2.53. The molecule has 2 aromatic rings. The molecule has 1 aliphatic rings. The molecule has 1 aromatic heterocycles. The molecule has 0 bridgehead atoms. The molecule has 2 heterocycles. The Morgan fingerprint density at radius 3 is 2.52 bits per heavy atom. The zero-order chi connectivity index (χ0) is 18.4. The zero-order valence-electron chi connectivity index (χ0n) is 13.4. The maximum absolute atomic E-state index is 12.6. The van der Waals surface area contributed by atoms with Crippen molar-refractivity contribution in [2.24, 2.45) is 7.05 Å². The van der Waals surface area contributed by atoms with E-state index in [1.807, 2.05) is 0 Å². The maximum Gasteiger partial charge on any atom is 0.277 e. The third-order valence-electron chi connectivity index (χ3n) is 3.78. The second kappa shape index (κ2) is 6.32. The lowest BCUT2D eigenvalue weighted by Gasteiger charge is -2.28. The third-order valence-corrected chi connectivity index (χ3v) is 5.27. The number of hydrogen-bond acceptors (Lipinski definition) is 6. The molecular weight excluding hydrogens is 372 g/mol. The van der Waals surface area contributed by atoms with E-state index < -0.39 is 21.2 Å². The molecule has 8 nitrogen and oxygen atoms in total. The van der Waals surface area contributed by atoms with Crippen molar-refractivity contribution in [3.05, 3.63) is 44.8 Å². The Labute approximate surface area is 148 Å². The molecule has 0 amide bonds. The van der Waals surface area contributed by atoms with Gasteiger partial charge in [0.2, 0.25) is 5.78 Å². The van der Waals surface area contributed by atoms with Crippen LogP contribution in [0.3, 0.4) is 0 Å². The average molecular weight is 387 g/mol. The van der Waals surface area contributed by atoms with Gasteiger partial charge in [0.15, 0.2) is 15.6 Å². The maximum atomic E-state index is 12.6. The Balaban J connectivity index is 2.12. The van der Waals surface area contributed by atoms with Crippen LogP contribution in [0.1, 0.15) is 15.9 Å². The van der Waals surface area contributed by atoms with Gasteiger partial charge in [-0.3, -0.25) is 14.3 Å². The Morgan fingerprint density at radius 2 is 2.04 bits per heavy atom. The first-order valence-corrected chi connectivity index (χ1v) is 9.53. The first-order valence-electron chi connectivity index (χ1n) is 7.26. The van der Waals surface area contributed by atoms with Gasteiger partial charge in [0.05, 0.1) is 18.2 Å². The van der Waals surface area contributed by atoms with E-state index in [0.717, 1.165) is 10.9 Å². The summed E-state index contributed by atoms with van der Waals surface area (Å²) in [5.74, 6) is -0.725. The molecule has 1 N–H and O–H groups in total. The number of rotatable bonds is 5. The minimum Gasteiger partial charge on any atom is -0.483 e. The molecule has 134 valence electrons. The molecular formula is C15H15ClN2O6S. The van der Waals surface area contributed by atoms with Crippen molar-refractivity contribution >= 4 is 27.2 Å². The number of benzene rings is 1. The number of H-pyrrole nitrogens is 1. The summed E-state index contributed by atoms with van der Waals surface area (Å²) < 4.78 is 35.8. The predicted molar refractivity (Wildman–Crippen MR) is 89.3 cm³/mol. The number of hydrogen-bond donors (Lipinski definition) is 1. The van der Waals surface area contributed by atoms with Crippen molar-refractivity contribution in [1.29, 1.82) is 0 Å². The van der Waals surface area contributed by atoms with Gasteiger partial charge in [-0.1, -0.05) is 11.6 Å². The Bertz CT molecular complexity index is 1000. The van der Waals surface area contributed by atoms with E-state index in [-0.39, 0.29) is 32.9 Å². The number of nitrogens with one attached hydrogen (secondary N) is 1. The van der Waals surface area contributed by atoms with Gasteiger partial charge >= 0.3 is 0 Å². The van der Waals surface area contributed by atoms with Crippen LogP contribution in [0.5, 0.6) is 5.75 Å². The van der Waals surface area contributed by atoms with Crippen LogP contribution in [0, 0.1) is 0 Å². The topological polar surface area (TPSA) is 107 Å². The largest absolute Gasteiger partial charge is 0.483 e. The normalized spacial score (nSPS) is 15.0. The molecule has 1 aromatic carbocycles. The lowest BCUT2D eigenvalue weighted by atomic mass is 10.1. The number of halogens is 1. The molecule has 1 saturated heterocycles. The number of ketones is 1. The first-order chi connectivity index (χ1) is 11.7. The molecule has 25 heavy (non-hydrogen) atoms. The second-order valence-corrected chi connectivity index (χ2v) is 8.05. The lowest BCUT2D eigenvalue weighted by Crippen LogP contribution is -2.39.